The summed E-state index contributed by atoms with van der Waals surface area (Å²) in [4.78, 5) is 23.3. The molecule has 25 heavy (non-hydrogen) atoms. The lowest BCUT2D eigenvalue weighted by atomic mass is 10.2. The number of halogens is 1. The van der Waals surface area contributed by atoms with Gasteiger partial charge in [0, 0.05) is 23.6 Å². The fourth-order valence-corrected chi connectivity index (χ4v) is 2.20. The number of esters is 1. The van der Waals surface area contributed by atoms with Gasteiger partial charge < -0.3 is 13.9 Å². The molecule has 0 radical (unpaired) electrons. The second-order valence-electron chi connectivity index (χ2n) is 5.10. The van der Waals surface area contributed by atoms with Crippen LogP contribution in [0.4, 0.5) is 4.39 Å². The molecule has 0 unspecified atom stereocenters. The number of rotatable bonds is 4. The van der Waals surface area contributed by atoms with Crippen molar-refractivity contribution in [1.82, 2.24) is 0 Å². The van der Waals surface area contributed by atoms with Gasteiger partial charge in [-0.3, -0.25) is 0 Å². The highest BCUT2D eigenvalue weighted by Gasteiger charge is 2.11. The maximum atomic E-state index is 12.9. The number of ether oxygens (including phenoxy) is 2. The fourth-order valence-electron chi connectivity index (χ4n) is 2.20. The Hall–Kier alpha value is -3.41. The highest BCUT2D eigenvalue weighted by atomic mass is 19.1. The molecule has 5 nitrogen and oxygen atoms in total. The third kappa shape index (κ3) is 3.92. The summed E-state index contributed by atoms with van der Waals surface area (Å²) < 4.78 is 28.4. The van der Waals surface area contributed by atoms with E-state index in [4.69, 9.17) is 13.9 Å². The summed E-state index contributed by atoms with van der Waals surface area (Å²) in [5.74, 6) is -0.564. The zero-order valence-corrected chi connectivity index (χ0v) is 13.2. The first-order valence-corrected chi connectivity index (χ1v) is 7.32. The molecular formula is C19H13FO5. The first-order chi connectivity index (χ1) is 12.0. The lowest BCUT2D eigenvalue weighted by molar-refractivity contribution is -0.129. The van der Waals surface area contributed by atoms with Crippen LogP contribution in [0.2, 0.25) is 0 Å². The summed E-state index contributed by atoms with van der Waals surface area (Å²) >= 11 is 0. The fraction of sp³-hybridized carbons (Fsp3) is 0.0526. The summed E-state index contributed by atoms with van der Waals surface area (Å²) in [6.07, 6.45) is 2.70. The van der Waals surface area contributed by atoms with Crippen molar-refractivity contribution in [3.63, 3.8) is 0 Å². The van der Waals surface area contributed by atoms with E-state index in [0.717, 1.165) is 0 Å². The van der Waals surface area contributed by atoms with Gasteiger partial charge in [-0.05, 0) is 35.9 Å². The van der Waals surface area contributed by atoms with E-state index >= 15 is 0 Å². The van der Waals surface area contributed by atoms with E-state index in [1.807, 2.05) is 0 Å². The SMILES string of the molecule is COc1cc2ccc(=O)oc2cc1OC(=O)/C=C/c1ccc(F)cc1. The number of hydrogen-bond donors (Lipinski definition) is 0. The maximum absolute atomic E-state index is 12.9. The molecule has 0 N–H and O–H groups in total. The van der Waals surface area contributed by atoms with Crippen LogP contribution in [-0.4, -0.2) is 13.1 Å². The normalized spacial score (nSPS) is 11.0. The molecule has 1 heterocycles. The molecule has 3 rings (SSSR count). The van der Waals surface area contributed by atoms with E-state index in [-0.39, 0.29) is 17.1 Å². The topological polar surface area (TPSA) is 65.7 Å². The minimum absolute atomic E-state index is 0.123. The number of carbonyl (C=O) groups excluding carboxylic acids is 1. The van der Waals surface area contributed by atoms with E-state index in [2.05, 4.69) is 0 Å². The predicted octanol–water partition coefficient (Wildman–Crippen LogP) is 3.56. The number of hydrogen-bond acceptors (Lipinski definition) is 5. The summed E-state index contributed by atoms with van der Waals surface area (Å²) in [5.41, 5.74) is 0.416. The molecule has 0 aliphatic rings. The third-order valence-electron chi connectivity index (χ3n) is 3.40. The Morgan fingerprint density at radius 2 is 1.84 bits per heavy atom. The number of methoxy groups -OCH3 is 1. The first-order valence-electron chi connectivity index (χ1n) is 7.32. The Labute approximate surface area is 141 Å². The van der Waals surface area contributed by atoms with Gasteiger partial charge in [-0.2, -0.15) is 0 Å². The van der Waals surface area contributed by atoms with Crippen LogP contribution < -0.4 is 15.1 Å². The molecule has 0 spiro atoms. The minimum atomic E-state index is -0.653. The summed E-state index contributed by atoms with van der Waals surface area (Å²) in [5, 5.41) is 0.637. The van der Waals surface area contributed by atoms with Crippen LogP contribution in [0.15, 0.2) is 63.8 Å². The van der Waals surface area contributed by atoms with E-state index in [9.17, 15) is 14.0 Å². The Morgan fingerprint density at radius 1 is 1.08 bits per heavy atom. The van der Waals surface area contributed by atoms with E-state index in [1.165, 1.54) is 55.7 Å². The summed E-state index contributed by atoms with van der Waals surface area (Å²) in [6.45, 7) is 0. The second kappa shape index (κ2) is 7.00. The maximum Gasteiger partial charge on any atom is 0.336 e. The smallest absolute Gasteiger partial charge is 0.336 e. The number of fused-ring (bicyclic) bond motifs is 1. The molecule has 126 valence electrons. The zero-order chi connectivity index (χ0) is 17.8. The van der Waals surface area contributed by atoms with Crippen molar-refractivity contribution in [2.24, 2.45) is 0 Å². The van der Waals surface area contributed by atoms with E-state index < -0.39 is 11.6 Å². The Balaban J connectivity index is 1.84. The lowest BCUT2D eigenvalue weighted by Gasteiger charge is -2.08. The standard InChI is InChI=1S/C19H13FO5/c1-23-16-10-13-5-9-19(22)24-15(13)11-17(16)25-18(21)8-4-12-2-6-14(20)7-3-12/h2-11H,1H3/b8-4+. The molecule has 0 aliphatic carbocycles. The number of benzene rings is 2. The van der Waals surface area contributed by atoms with Gasteiger partial charge in [0.25, 0.3) is 0 Å². The second-order valence-corrected chi connectivity index (χ2v) is 5.10. The zero-order valence-electron chi connectivity index (χ0n) is 13.2. The van der Waals surface area contributed by atoms with Gasteiger partial charge in [0.1, 0.15) is 11.4 Å². The van der Waals surface area contributed by atoms with Gasteiger partial charge in [0.15, 0.2) is 11.5 Å². The van der Waals surface area contributed by atoms with Gasteiger partial charge in [0.2, 0.25) is 0 Å². The molecule has 0 saturated heterocycles. The van der Waals surface area contributed by atoms with Crippen LogP contribution in [0.5, 0.6) is 11.5 Å². The summed E-state index contributed by atoms with van der Waals surface area (Å²) in [7, 11) is 1.44. The molecular weight excluding hydrogens is 327 g/mol. The molecule has 2 aromatic carbocycles. The quantitative estimate of drug-likeness (QED) is 0.314. The molecule has 0 amide bonds. The van der Waals surface area contributed by atoms with Crippen molar-refractivity contribution < 1.29 is 23.1 Å². The molecule has 6 heteroatoms. The molecule has 0 fully saturated rings. The van der Waals surface area contributed by atoms with Crippen molar-refractivity contribution in [2.75, 3.05) is 7.11 Å². The third-order valence-corrected chi connectivity index (χ3v) is 3.40. The van der Waals surface area contributed by atoms with Crippen molar-refractivity contribution in [2.45, 2.75) is 0 Å². The Morgan fingerprint density at radius 3 is 2.56 bits per heavy atom. The highest BCUT2D eigenvalue weighted by molar-refractivity contribution is 5.90. The summed E-state index contributed by atoms with van der Waals surface area (Å²) in [6, 6.07) is 11.5. The molecule has 1 aromatic heterocycles. The van der Waals surface area contributed by atoms with Crippen molar-refractivity contribution >= 4 is 23.0 Å². The van der Waals surface area contributed by atoms with Crippen LogP contribution in [0.1, 0.15) is 5.56 Å². The largest absolute Gasteiger partial charge is 0.493 e. The van der Waals surface area contributed by atoms with Crippen molar-refractivity contribution in [3.8, 4) is 11.5 Å². The first kappa shape index (κ1) is 16.4. The van der Waals surface area contributed by atoms with E-state index in [1.54, 1.807) is 12.1 Å². The molecule has 0 bridgehead atoms. The Kier molecular flexibility index (Phi) is 4.61. The van der Waals surface area contributed by atoms with Crippen LogP contribution in [0.3, 0.4) is 0 Å². The van der Waals surface area contributed by atoms with Crippen LogP contribution in [0, 0.1) is 5.82 Å². The Bertz CT molecular complexity index is 1000. The van der Waals surface area contributed by atoms with Crippen molar-refractivity contribution in [1.29, 1.82) is 0 Å². The minimum Gasteiger partial charge on any atom is -0.493 e. The average Bonchev–Trinajstić information content (AvgIpc) is 2.60. The number of carbonyl (C=O) groups is 1. The van der Waals surface area contributed by atoms with Crippen LogP contribution >= 0.6 is 0 Å². The molecule has 3 aromatic rings. The van der Waals surface area contributed by atoms with E-state index in [0.29, 0.717) is 16.7 Å². The monoisotopic (exact) mass is 340 g/mol. The van der Waals surface area contributed by atoms with Crippen LogP contribution in [0.25, 0.3) is 17.0 Å². The highest BCUT2D eigenvalue weighted by Crippen LogP contribution is 2.32. The van der Waals surface area contributed by atoms with Gasteiger partial charge in [-0.25, -0.2) is 14.0 Å². The molecule has 0 saturated carbocycles. The average molecular weight is 340 g/mol. The van der Waals surface area contributed by atoms with Gasteiger partial charge in [0.05, 0.1) is 7.11 Å². The van der Waals surface area contributed by atoms with Crippen LogP contribution in [-0.2, 0) is 4.79 Å². The van der Waals surface area contributed by atoms with Gasteiger partial charge >= 0.3 is 11.6 Å². The molecule has 0 aliphatic heterocycles. The predicted molar refractivity (Wildman–Crippen MR) is 90.1 cm³/mol. The van der Waals surface area contributed by atoms with Gasteiger partial charge in [-0.15, -0.1) is 0 Å². The van der Waals surface area contributed by atoms with Crippen molar-refractivity contribution in [3.05, 3.63) is 76.4 Å². The lowest BCUT2D eigenvalue weighted by Crippen LogP contribution is -2.05. The molecule has 0 atom stereocenters. The van der Waals surface area contributed by atoms with Gasteiger partial charge in [-0.1, -0.05) is 12.1 Å².